The molecule has 1 aromatic rings. The van der Waals surface area contributed by atoms with E-state index in [4.69, 9.17) is 0 Å². The second-order valence-corrected chi connectivity index (χ2v) is 6.85. The maximum atomic E-state index is 12.0. The van der Waals surface area contributed by atoms with Crippen molar-refractivity contribution in [1.82, 2.24) is 9.78 Å². The van der Waals surface area contributed by atoms with Crippen LogP contribution < -0.4 is 5.56 Å². The first-order valence-corrected chi connectivity index (χ1v) is 7.42. The second kappa shape index (κ2) is 3.23. The van der Waals surface area contributed by atoms with Crippen LogP contribution in [-0.2, 0) is 22.0 Å². The molecule has 16 heavy (non-hydrogen) atoms. The average molecular weight is 242 g/mol. The number of aromatic amines is 1. The number of nitrogens with zero attached hydrogens (tertiary/aromatic N) is 1. The number of nitrogens with one attached hydrogen (secondary N) is 1. The Morgan fingerprint density at radius 1 is 1.31 bits per heavy atom. The molecule has 0 saturated heterocycles. The molecule has 1 aliphatic heterocycles. The summed E-state index contributed by atoms with van der Waals surface area (Å²) in [6.45, 7) is 0. The van der Waals surface area contributed by atoms with Gasteiger partial charge >= 0.3 is 0 Å². The van der Waals surface area contributed by atoms with Crippen LogP contribution in [0.1, 0.15) is 36.6 Å². The van der Waals surface area contributed by atoms with Gasteiger partial charge in [0, 0.05) is 12.1 Å². The molecule has 2 heterocycles. The summed E-state index contributed by atoms with van der Waals surface area (Å²) in [5.41, 5.74) is 1.17. The lowest BCUT2D eigenvalue weighted by molar-refractivity contribution is 0.282. The molecule has 0 bridgehead atoms. The summed E-state index contributed by atoms with van der Waals surface area (Å²) in [5.74, 6) is 0.0714. The number of sulfone groups is 1. The SMILES string of the molecule is O=c1c2c([nH]n1C1CCC1)CCS(=O)(=O)C2. The van der Waals surface area contributed by atoms with Gasteiger partial charge in [0.05, 0.1) is 23.1 Å². The van der Waals surface area contributed by atoms with Crippen LogP contribution in [0.5, 0.6) is 0 Å². The van der Waals surface area contributed by atoms with Crippen LogP contribution in [0, 0.1) is 0 Å². The van der Waals surface area contributed by atoms with Gasteiger partial charge < -0.3 is 0 Å². The molecule has 88 valence electrons. The number of H-pyrrole nitrogens is 1. The second-order valence-electron chi connectivity index (χ2n) is 4.67. The molecule has 1 aliphatic carbocycles. The molecule has 5 nitrogen and oxygen atoms in total. The molecule has 1 fully saturated rings. The summed E-state index contributed by atoms with van der Waals surface area (Å²) in [4.78, 5) is 12.0. The van der Waals surface area contributed by atoms with Gasteiger partial charge in [0.15, 0.2) is 9.84 Å². The molecule has 1 saturated carbocycles. The van der Waals surface area contributed by atoms with E-state index in [1.54, 1.807) is 4.68 Å². The predicted octanol–water partition coefficient (Wildman–Crippen LogP) is 0.372. The van der Waals surface area contributed by atoms with E-state index in [2.05, 4.69) is 5.10 Å². The van der Waals surface area contributed by atoms with Crippen molar-refractivity contribution < 1.29 is 8.42 Å². The minimum absolute atomic E-state index is 0.0859. The first kappa shape index (κ1) is 10.1. The van der Waals surface area contributed by atoms with Crippen molar-refractivity contribution in [3.8, 4) is 0 Å². The summed E-state index contributed by atoms with van der Waals surface area (Å²) in [7, 11) is -3.05. The van der Waals surface area contributed by atoms with Crippen molar-refractivity contribution >= 4 is 9.84 Å². The van der Waals surface area contributed by atoms with Gasteiger partial charge in [0.1, 0.15) is 0 Å². The molecule has 0 radical (unpaired) electrons. The molecule has 0 amide bonds. The van der Waals surface area contributed by atoms with Gasteiger partial charge in [-0.05, 0) is 19.3 Å². The Morgan fingerprint density at radius 2 is 2.06 bits per heavy atom. The zero-order valence-corrected chi connectivity index (χ0v) is 9.72. The summed E-state index contributed by atoms with van der Waals surface area (Å²) in [5, 5.41) is 3.08. The van der Waals surface area contributed by atoms with E-state index < -0.39 is 9.84 Å². The maximum Gasteiger partial charge on any atom is 0.271 e. The number of fused-ring (bicyclic) bond motifs is 1. The minimum Gasteiger partial charge on any atom is -0.299 e. The lowest BCUT2D eigenvalue weighted by Gasteiger charge is -2.25. The Kier molecular flexibility index (Phi) is 2.04. The van der Waals surface area contributed by atoms with Gasteiger partial charge in [-0.25, -0.2) is 13.1 Å². The lowest BCUT2D eigenvalue weighted by atomic mass is 9.93. The molecule has 2 aliphatic rings. The Bertz CT molecular complexity index is 578. The van der Waals surface area contributed by atoms with Crippen LogP contribution in [0.15, 0.2) is 4.79 Å². The van der Waals surface area contributed by atoms with Gasteiger partial charge in [0.2, 0.25) is 0 Å². The number of aryl methyl sites for hydroxylation is 1. The van der Waals surface area contributed by atoms with Gasteiger partial charge in [-0.2, -0.15) is 0 Å². The fourth-order valence-electron chi connectivity index (χ4n) is 2.35. The van der Waals surface area contributed by atoms with E-state index in [0.29, 0.717) is 12.0 Å². The molecule has 1 aromatic heterocycles. The molecule has 1 N–H and O–H groups in total. The largest absolute Gasteiger partial charge is 0.299 e. The molecule has 0 aromatic carbocycles. The number of rotatable bonds is 1. The predicted molar refractivity (Wildman–Crippen MR) is 59.1 cm³/mol. The fraction of sp³-hybridized carbons (Fsp3) is 0.700. The highest BCUT2D eigenvalue weighted by Gasteiger charge is 2.30. The van der Waals surface area contributed by atoms with Crippen LogP contribution in [0.4, 0.5) is 0 Å². The van der Waals surface area contributed by atoms with Gasteiger partial charge in [-0.1, -0.05) is 0 Å². The van der Waals surface area contributed by atoms with Gasteiger partial charge in [-0.15, -0.1) is 0 Å². The van der Waals surface area contributed by atoms with E-state index in [1.165, 1.54) is 0 Å². The quantitative estimate of drug-likeness (QED) is 0.773. The Labute approximate surface area is 93.4 Å². The molecule has 0 atom stereocenters. The minimum atomic E-state index is -3.05. The van der Waals surface area contributed by atoms with E-state index >= 15 is 0 Å². The highest BCUT2D eigenvalue weighted by molar-refractivity contribution is 7.90. The van der Waals surface area contributed by atoms with Gasteiger partial charge in [0.25, 0.3) is 5.56 Å². The number of hydrogen-bond donors (Lipinski definition) is 1. The third-order valence-corrected chi connectivity index (χ3v) is 5.12. The first-order valence-electron chi connectivity index (χ1n) is 5.59. The van der Waals surface area contributed by atoms with Crippen molar-refractivity contribution in [2.75, 3.05) is 5.75 Å². The number of hydrogen-bond acceptors (Lipinski definition) is 3. The normalized spacial score (nSPS) is 23.8. The van der Waals surface area contributed by atoms with E-state index in [-0.39, 0.29) is 23.1 Å². The fourth-order valence-corrected chi connectivity index (χ4v) is 3.74. The Balaban J connectivity index is 2.07. The molecule has 6 heteroatoms. The highest BCUT2D eigenvalue weighted by Crippen LogP contribution is 2.30. The van der Waals surface area contributed by atoms with E-state index in [1.807, 2.05) is 0 Å². The van der Waals surface area contributed by atoms with Crippen molar-refractivity contribution in [1.29, 1.82) is 0 Å². The first-order chi connectivity index (χ1) is 7.57. The van der Waals surface area contributed by atoms with Gasteiger partial charge in [-0.3, -0.25) is 9.89 Å². The maximum absolute atomic E-state index is 12.0. The van der Waals surface area contributed by atoms with E-state index in [9.17, 15) is 13.2 Å². The zero-order chi connectivity index (χ0) is 11.3. The van der Waals surface area contributed by atoms with Crippen LogP contribution in [0.2, 0.25) is 0 Å². The van der Waals surface area contributed by atoms with Crippen molar-refractivity contribution in [3.63, 3.8) is 0 Å². The highest BCUT2D eigenvalue weighted by atomic mass is 32.2. The molecular weight excluding hydrogens is 228 g/mol. The Morgan fingerprint density at radius 3 is 2.69 bits per heavy atom. The summed E-state index contributed by atoms with van der Waals surface area (Å²) in [6, 6.07) is 0.265. The zero-order valence-electron chi connectivity index (χ0n) is 8.90. The summed E-state index contributed by atoms with van der Waals surface area (Å²) >= 11 is 0. The van der Waals surface area contributed by atoms with Crippen LogP contribution >= 0.6 is 0 Å². The lowest BCUT2D eigenvalue weighted by Crippen LogP contribution is -2.29. The van der Waals surface area contributed by atoms with Crippen LogP contribution in [0.3, 0.4) is 0 Å². The van der Waals surface area contributed by atoms with E-state index in [0.717, 1.165) is 25.0 Å². The summed E-state index contributed by atoms with van der Waals surface area (Å²) < 4.78 is 24.6. The molecular formula is C10H14N2O3S. The van der Waals surface area contributed by atoms with Crippen LogP contribution in [-0.4, -0.2) is 24.0 Å². The average Bonchev–Trinajstić information content (AvgIpc) is 2.41. The van der Waals surface area contributed by atoms with Crippen molar-refractivity contribution in [3.05, 3.63) is 21.6 Å². The van der Waals surface area contributed by atoms with Crippen LogP contribution in [0.25, 0.3) is 0 Å². The smallest absolute Gasteiger partial charge is 0.271 e. The monoisotopic (exact) mass is 242 g/mol. The standard InChI is InChI=1S/C10H14N2O3S/c13-10-8-6-16(14,15)5-4-9(8)11-12(10)7-2-1-3-7/h7,11H,1-6H2. The molecule has 0 unspecified atom stereocenters. The van der Waals surface area contributed by atoms with Crippen molar-refractivity contribution in [2.45, 2.75) is 37.5 Å². The third kappa shape index (κ3) is 1.43. The molecule has 3 rings (SSSR count). The Hall–Kier alpha value is -1.04. The van der Waals surface area contributed by atoms with Crippen molar-refractivity contribution in [2.24, 2.45) is 0 Å². The topological polar surface area (TPSA) is 71.9 Å². The third-order valence-electron chi connectivity index (χ3n) is 3.56. The molecule has 0 spiro atoms. The summed E-state index contributed by atoms with van der Waals surface area (Å²) in [6.07, 6.45) is 3.64. The number of aromatic nitrogens is 2.